The Morgan fingerprint density at radius 3 is 2.20 bits per heavy atom. The summed E-state index contributed by atoms with van der Waals surface area (Å²) < 4.78 is 5.74. The SMILES string of the molecule is CCC(O)c1ccc(Oc2ccc(C(C)C)cc2)cn1. The van der Waals surface area contributed by atoms with E-state index in [1.807, 2.05) is 25.1 Å². The van der Waals surface area contributed by atoms with E-state index < -0.39 is 6.10 Å². The minimum Gasteiger partial charge on any atom is -0.456 e. The number of nitrogens with zero attached hydrogens (tertiary/aromatic N) is 1. The summed E-state index contributed by atoms with van der Waals surface area (Å²) in [6.45, 7) is 6.25. The van der Waals surface area contributed by atoms with Gasteiger partial charge in [-0.05, 0) is 42.2 Å². The zero-order valence-corrected chi connectivity index (χ0v) is 12.2. The number of rotatable bonds is 5. The summed E-state index contributed by atoms with van der Waals surface area (Å²) in [7, 11) is 0. The molecule has 1 heterocycles. The Hall–Kier alpha value is -1.87. The maximum absolute atomic E-state index is 9.69. The van der Waals surface area contributed by atoms with Gasteiger partial charge in [0.2, 0.25) is 0 Å². The van der Waals surface area contributed by atoms with Crippen LogP contribution in [0, 0.1) is 0 Å². The predicted molar refractivity (Wildman–Crippen MR) is 80.1 cm³/mol. The number of pyridine rings is 1. The van der Waals surface area contributed by atoms with E-state index in [0.29, 0.717) is 23.8 Å². The molecular formula is C17H21NO2. The highest BCUT2D eigenvalue weighted by molar-refractivity contribution is 5.33. The van der Waals surface area contributed by atoms with Crippen molar-refractivity contribution in [3.8, 4) is 11.5 Å². The third kappa shape index (κ3) is 3.58. The van der Waals surface area contributed by atoms with Gasteiger partial charge in [-0.25, -0.2) is 0 Å². The van der Waals surface area contributed by atoms with Gasteiger partial charge in [0.1, 0.15) is 11.5 Å². The van der Waals surface area contributed by atoms with Crippen molar-refractivity contribution in [1.29, 1.82) is 0 Å². The fraction of sp³-hybridized carbons (Fsp3) is 0.353. The number of benzene rings is 1. The van der Waals surface area contributed by atoms with Crippen LogP contribution in [0.15, 0.2) is 42.6 Å². The van der Waals surface area contributed by atoms with E-state index in [1.165, 1.54) is 5.56 Å². The molecule has 0 bridgehead atoms. The van der Waals surface area contributed by atoms with E-state index in [1.54, 1.807) is 12.3 Å². The third-order valence-electron chi connectivity index (χ3n) is 3.27. The summed E-state index contributed by atoms with van der Waals surface area (Å²) in [5.41, 5.74) is 1.96. The van der Waals surface area contributed by atoms with Gasteiger partial charge in [-0.1, -0.05) is 32.9 Å². The molecule has 0 saturated carbocycles. The molecule has 0 aliphatic rings. The van der Waals surface area contributed by atoms with Crippen molar-refractivity contribution in [2.75, 3.05) is 0 Å². The highest BCUT2D eigenvalue weighted by Crippen LogP contribution is 2.24. The molecule has 0 aliphatic carbocycles. The summed E-state index contributed by atoms with van der Waals surface area (Å²) in [5.74, 6) is 1.98. The molecule has 3 heteroatoms. The van der Waals surface area contributed by atoms with Gasteiger partial charge in [0.15, 0.2) is 0 Å². The monoisotopic (exact) mass is 271 g/mol. The minimum atomic E-state index is -0.505. The second kappa shape index (κ2) is 6.53. The summed E-state index contributed by atoms with van der Waals surface area (Å²) in [6.07, 6.45) is 1.79. The number of aliphatic hydroxyl groups excluding tert-OH is 1. The molecule has 0 aliphatic heterocycles. The van der Waals surface area contributed by atoms with Crippen molar-refractivity contribution < 1.29 is 9.84 Å². The van der Waals surface area contributed by atoms with Crippen LogP contribution in [0.1, 0.15) is 50.5 Å². The summed E-state index contributed by atoms with van der Waals surface area (Å²) in [4.78, 5) is 4.22. The molecule has 20 heavy (non-hydrogen) atoms. The lowest BCUT2D eigenvalue weighted by Crippen LogP contribution is -1.98. The third-order valence-corrected chi connectivity index (χ3v) is 3.27. The Morgan fingerprint density at radius 2 is 1.70 bits per heavy atom. The van der Waals surface area contributed by atoms with Gasteiger partial charge in [0.05, 0.1) is 18.0 Å². The largest absolute Gasteiger partial charge is 0.456 e. The Morgan fingerprint density at radius 1 is 1.05 bits per heavy atom. The molecule has 0 fully saturated rings. The lowest BCUT2D eigenvalue weighted by molar-refractivity contribution is 0.169. The molecule has 1 aromatic carbocycles. The van der Waals surface area contributed by atoms with E-state index in [0.717, 1.165) is 5.75 Å². The predicted octanol–water partition coefficient (Wildman–Crippen LogP) is 4.44. The average Bonchev–Trinajstić information content (AvgIpc) is 2.48. The Labute approximate surface area is 120 Å². The van der Waals surface area contributed by atoms with Crippen LogP contribution in [-0.2, 0) is 0 Å². The van der Waals surface area contributed by atoms with Gasteiger partial charge in [-0.3, -0.25) is 4.98 Å². The van der Waals surface area contributed by atoms with E-state index in [9.17, 15) is 5.11 Å². The first-order valence-corrected chi connectivity index (χ1v) is 7.02. The molecular weight excluding hydrogens is 250 g/mol. The molecule has 1 aromatic heterocycles. The second-order valence-electron chi connectivity index (χ2n) is 5.17. The molecule has 106 valence electrons. The van der Waals surface area contributed by atoms with E-state index in [4.69, 9.17) is 4.74 Å². The van der Waals surface area contributed by atoms with Crippen molar-refractivity contribution in [3.05, 3.63) is 53.9 Å². The van der Waals surface area contributed by atoms with E-state index in [2.05, 4.69) is 31.0 Å². The van der Waals surface area contributed by atoms with E-state index >= 15 is 0 Å². The molecule has 0 saturated heterocycles. The van der Waals surface area contributed by atoms with Gasteiger partial charge < -0.3 is 9.84 Å². The minimum absolute atomic E-state index is 0.505. The van der Waals surface area contributed by atoms with Crippen molar-refractivity contribution in [3.63, 3.8) is 0 Å². The Balaban J connectivity index is 2.06. The number of hydrogen-bond acceptors (Lipinski definition) is 3. The molecule has 0 spiro atoms. The van der Waals surface area contributed by atoms with Gasteiger partial charge in [0, 0.05) is 0 Å². The highest BCUT2D eigenvalue weighted by Gasteiger charge is 2.06. The van der Waals surface area contributed by atoms with Crippen LogP contribution in [0.25, 0.3) is 0 Å². The molecule has 1 atom stereocenters. The lowest BCUT2D eigenvalue weighted by atomic mass is 10.0. The van der Waals surface area contributed by atoms with E-state index in [-0.39, 0.29) is 0 Å². The van der Waals surface area contributed by atoms with Crippen LogP contribution in [0.5, 0.6) is 11.5 Å². The van der Waals surface area contributed by atoms with Crippen LogP contribution >= 0.6 is 0 Å². The topological polar surface area (TPSA) is 42.4 Å². The van der Waals surface area contributed by atoms with Gasteiger partial charge in [-0.15, -0.1) is 0 Å². The van der Waals surface area contributed by atoms with Crippen LogP contribution < -0.4 is 4.74 Å². The summed E-state index contributed by atoms with van der Waals surface area (Å²) in [6, 6.07) is 11.7. The van der Waals surface area contributed by atoms with Gasteiger partial charge in [-0.2, -0.15) is 0 Å². The molecule has 2 aromatic rings. The Bertz CT molecular complexity index is 532. The number of ether oxygens (including phenoxy) is 1. The van der Waals surface area contributed by atoms with Crippen LogP contribution in [0.2, 0.25) is 0 Å². The first-order chi connectivity index (χ1) is 9.60. The molecule has 0 amide bonds. The fourth-order valence-electron chi connectivity index (χ4n) is 1.92. The number of hydrogen-bond donors (Lipinski definition) is 1. The number of aromatic nitrogens is 1. The van der Waals surface area contributed by atoms with Gasteiger partial charge >= 0.3 is 0 Å². The highest BCUT2D eigenvalue weighted by atomic mass is 16.5. The standard InChI is InChI=1S/C17H21NO2/c1-4-17(19)16-10-9-15(11-18-16)20-14-7-5-13(6-8-14)12(2)3/h5-12,17,19H,4H2,1-3H3. The first-order valence-electron chi connectivity index (χ1n) is 7.02. The van der Waals surface area contributed by atoms with Crippen molar-refractivity contribution in [1.82, 2.24) is 4.98 Å². The number of aliphatic hydroxyl groups is 1. The smallest absolute Gasteiger partial charge is 0.145 e. The Kier molecular flexibility index (Phi) is 4.74. The lowest BCUT2D eigenvalue weighted by Gasteiger charge is -2.10. The first kappa shape index (κ1) is 14.5. The molecule has 3 nitrogen and oxygen atoms in total. The summed E-state index contributed by atoms with van der Waals surface area (Å²) >= 11 is 0. The molecule has 1 N–H and O–H groups in total. The maximum Gasteiger partial charge on any atom is 0.145 e. The second-order valence-corrected chi connectivity index (χ2v) is 5.17. The molecule has 1 unspecified atom stereocenters. The van der Waals surface area contributed by atoms with Crippen molar-refractivity contribution >= 4 is 0 Å². The normalized spacial score (nSPS) is 12.4. The van der Waals surface area contributed by atoms with Crippen molar-refractivity contribution in [2.45, 2.75) is 39.2 Å². The average molecular weight is 271 g/mol. The van der Waals surface area contributed by atoms with Crippen LogP contribution in [0.3, 0.4) is 0 Å². The summed E-state index contributed by atoms with van der Waals surface area (Å²) in [5, 5.41) is 9.69. The fourth-order valence-corrected chi connectivity index (χ4v) is 1.92. The van der Waals surface area contributed by atoms with Crippen LogP contribution in [0.4, 0.5) is 0 Å². The van der Waals surface area contributed by atoms with Crippen molar-refractivity contribution in [2.24, 2.45) is 0 Å². The van der Waals surface area contributed by atoms with Crippen LogP contribution in [-0.4, -0.2) is 10.1 Å². The molecule has 0 radical (unpaired) electrons. The zero-order valence-electron chi connectivity index (χ0n) is 12.2. The quantitative estimate of drug-likeness (QED) is 0.874. The maximum atomic E-state index is 9.69. The van der Waals surface area contributed by atoms with Gasteiger partial charge in [0.25, 0.3) is 0 Å². The molecule has 2 rings (SSSR count). The zero-order chi connectivity index (χ0) is 14.5.